The van der Waals surface area contributed by atoms with Gasteiger partial charge in [-0.2, -0.15) is 0 Å². The second-order valence-electron chi connectivity index (χ2n) is 2.27. The number of nitrogens with zero attached hydrogens (tertiary/aromatic N) is 1. The first kappa shape index (κ1) is 4.30. The Morgan fingerprint density at radius 1 is 1.75 bits per heavy atom. The smallest absolute Gasteiger partial charge is 0.463 e. The standard InChI is InChI=1S/C5H8BNO/c1-2-5-4-8-6-7(5)3-1/h4,6H,1-3H2. The van der Waals surface area contributed by atoms with Crippen molar-refractivity contribution in [1.29, 1.82) is 0 Å². The zero-order valence-corrected chi connectivity index (χ0v) is 4.76. The first-order chi connectivity index (χ1) is 3.97. The lowest BCUT2D eigenvalue weighted by atomic mass is 10.2. The van der Waals surface area contributed by atoms with Crippen LogP contribution in [0.5, 0.6) is 0 Å². The Kier molecular flexibility index (Phi) is 0.773. The minimum absolute atomic E-state index is 0.801. The van der Waals surface area contributed by atoms with E-state index < -0.39 is 0 Å². The predicted molar refractivity (Wildman–Crippen MR) is 32.3 cm³/mol. The molecule has 0 bridgehead atoms. The van der Waals surface area contributed by atoms with Gasteiger partial charge in [0.05, 0.1) is 6.26 Å². The van der Waals surface area contributed by atoms with E-state index in [1.807, 2.05) is 6.26 Å². The number of hydrogen-bond acceptors (Lipinski definition) is 2. The monoisotopic (exact) mass is 109 g/mol. The van der Waals surface area contributed by atoms with Crippen molar-refractivity contribution in [2.24, 2.45) is 0 Å². The van der Waals surface area contributed by atoms with Crippen molar-refractivity contribution in [2.45, 2.75) is 12.8 Å². The third kappa shape index (κ3) is 0.442. The Labute approximate surface area is 49.4 Å². The summed E-state index contributed by atoms with van der Waals surface area (Å²) in [6.07, 6.45) is 4.42. The maximum absolute atomic E-state index is 5.08. The largest absolute Gasteiger partial charge is 0.548 e. The van der Waals surface area contributed by atoms with Crippen LogP contribution in [0, 0.1) is 0 Å². The van der Waals surface area contributed by atoms with Gasteiger partial charge in [0.1, 0.15) is 0 Å². The van der Waals surface area contributed by atoms with Gasteiger partial charge in [-0.1, -0.05) is 0 Å². The van der Waals surface area contributed by atoms with Crippen molar-refractivity contribution in [3.05, 3.63) is 12.0 Å². The molecule has 0 aromatic rings. The molecule has 0 spiro atoms. The fraction of sp³-hybridized carbons (Fsp3) is 0.600. The molecule has 0 amide bonds. The van der Waals surface area contributed by atoms with E-state index in [1.165, 1.54) is 25.1 Å². The number of hydrogen-bond donors (Lipinski definition) is 0. The van der Waals surface area contributed by atoms with Gasteiger partial charge < -0.3 is 9.47 Å². The number of allylic oxidation sites excluding steroid dienone is 1. The fourth-order valence-electron chi connectivity index (χ4n) is 1.26. The second-order valence-corrected chi connectivity index (χ2v) is 2.27. The summed E-state index contributed by atoms with van der Waals surface area (Å²) in [6, 6.07) is 0. The van der Waals surface area contributed by atoms with E-state index in [0.717, 1.165) is 7.62 Å². The van der Waals surface area contributed by atoms with Crippen LogP contribution < -0.4 is 0 Å². The van der Waals surface area contributed by atoms with Crippen molar-refractivity contribution in [2.75, 3.05) is 6.54 Å². The Morgan fingerprint density at radius 3 is 3.62 bits per heavy atom. The maximum atomic E-state index is 5.08. The van der Waals surface area contributed by atoms with Crippen LogP contribution in [0.2, 0.25) is 0 Å². The van der Waals surface area contributed by atoms with E-state index in [1.54, 1.807) is 0 Å². The van der Waals surface area contributed by atoms with Gasteiger partial charge in [0.25, 0.3) is 0 Å². The van der Waals surface area contributed by atoms with E-state index in [-0.39, 0.29) is 0 Å². The number of fused-ring (bicyclic) bond motifs is 1. The average molecular weight is 109 g/mol. The van der Waals surface area contributed by atoms with Crippen molar-refractivity contribution in [3.8, 4) is 0 Å². The van der Waals surface area contributed by atoms with Crippen LogP contribution in [0.3, 0.4) is 0 Å². The van der Waals surface area contributed by atoms with Gasteiger partial charge in [-0.25, -0.2) is 0 Å². The molecule has 2 heterocycles. The quantitative estimate of drug-likeness (QED) is 0.412. The molecule has 0 atom stereocenters. The van der Waals surface area contributed by atoms with Gasteiger partial charge in [-0.05, 0) is 12.8 Å². The molecule has 0 aliphatic carbocycles. The summed E-state index contributed by atoms with van der Waals surface area (Å²) in [5, 5.41) is 0. The first-order valence-electron chi connectivity index (χ1n) is 3.02. The zero-order valence-electron chi connectivity index (χ0n) is 4.76. The van der Waals surface area contributed by atoms with Crippen LogP contribution >= 0.6 is 0 Å². The van der Waals surface area contributed by atoms with Crippen LogP contribution in [0.1, 0.15) is 12.8 Å². The van der Waals surface area contributed by atoms with Crippen molar-refractivity contribution in [1.82, 2.24) is 4.81 Å². The molecule has 1 fully saturated rings. The van der Waals surface area contributed by atoms with Gasteiger partial charge >= 0.3 is 7.62 Å². The summed E-state index contributed by atoms with van der Waals surface area (Å²) in [4.78, 5) is 2.28. The lowest BCUT2D eigenvalue weighted by Gasteiger charge is -2.06. The number of rotatable bonds is 0. The topological polar surface area (TPSA) is 12.5 Å². The van der Waals surface area contributed by atoms with Crippen LogP contribution in [-0.2, 0) is 4.65 Å². The third-order valence-electron chi connectivity index (χ3n) is 1.72. The van der Waals surface area contributed by atoms with Gasteiger partial charge in [-0.3, -0.25) is 0 Å². The summed E-state index contributed by atoms with van der Waals surface area (Å²) in [6.45, 7) is 1.20. The van der Waals surface area contributed by atoms with Crippen LogP contribution in [0.25, 0.3) is 0 Å². The summed E-state index contributed by atoms with van der Waals surface area (Å²) in [5.41, 5.74) is 1.39. The molecule has 1 saturated heterocycles. The molecule has 2 rings (SSSR count). The van der Waals surface area contributed by atoms with Crippen molar-refractivity contribution >= 4 is 7.62 Å². The SMILES string of the molecule is B1OC=C2CCCN12. The fourth-order valence-corrected chi connectivity index (χ4v) is 1.26. The highest BCUT2D eigenvalue weighted by Crippen LogP contribution is 2.22. The zero-order chi connectivity index (χ0) is 5.40. The molecule has 2 aliphatic heterocycles. The molecule has 3 heteroatoms. The summed E-state index contributed by atoms with van der Waals surface area (Å²) < 4.78 is 5.08. The van der Waals surface area contributed by atoms with Gasteiger partial charge in [0, 0.05) is 12.2 Å². The molecule has 2 aliphatic rings. The Hall–Kier alpha value is -0.595. The Morgan fingerprint density at radius 2 is 2.75 bits per heavy atom. The van der Waals surface area contributed by atoms with Crippen molar-refractivity contribution in [3.63, 3.8) is 0 Å². The molecular formula is C5H8BNO. The minimum atomic E-state index is 0.801. The Bertz CT molecular complexity index is 134. The summed E-state index contributed by atoms with van der Waals surface area (Å²) in [5.74, 6) is 0. The lowest BCUT2D eigenvalue weighted by molar-refractivity contribution is 0.493. The molecule has 0 saturated carbocycles. The van der Waals surface area contributed by atoms with E-state index >= 15 is 0 Å². The maximum Gasteiger partial charge on any atom is 0.463 e. The van der Waals surface area contributed by atoms with E-state index in [4.69, 9.17) is 4.65 Å². The first-order valence-corrected chi connectivity index (χ1v) is 3.02. The lowest BCUT2D eigenvalue weighted by Crippen LogP contribution is -2.17. The van der Waals surface area contributed by atoms with Gasteiger partial charge in [0.2, 0.25) is 0 Å². The highest BCUT2D eigenvalue weighted by atomic mass is 16.4. The molecule has 42 valence electrons. The summed E-state index contributed by atoms with van der Waals surface area (Å²) in [7, 11) is 0.801. The molecule has 8 heavy (non-hydrogen) atoms. The van der Waals surface area contributed by atoms with Crippen LogP contribution in [-0.4, -0.2) is 19.0 Å². The van der Waals surface area contributed by atoms with Crippen LogP contribution in [0.4, 0.5) is 0 Å². The average Bonchev–Trinajstić information content (AvgIpc) is 2.15. The Balaban J connectivity index is 2.20. The van der Waals surface area contributed by atoms with Gasteiger partial charge in [-0.15, -0.1) is 0 Å². The van der Waals surface area contributed by atoms with E-state index in [2.05, 4.69) is 4.81 Å². The highest BCUT2D eigenvalue weighted by molar-refractivity contribution is 6.25. The predicted octanol–water partition coefficient (Wildman–Crippen LogP) is 0.220. The van der Waals surface area contributed by atoms with E-state index in [9.17, 15) is 0 Å². The molecule has 0 aromatic carbocycles. The third-order valence-corrected chi connectivity index (χ3v) is 1.72. The highest BCUT2D eigenvalue weighted by Gasteiger charge is 2.22. The molecule has 0 radical (unpaired) electrons. The molecule has 0 N–H and O–H groups in total. The second kappa shape index (κ2) is 1.44. The van der Waals surface area contributed by atoms with Gasteiger partial charge in [0.15, 0.2) is 0 Å². The summed E-state index contributed by atoms with van der Waals surface area (Å²) >= 11 is 0. The van der Waals surface area contributed by atoms with Crippen molar-refractivity contribution < 1.29 is 4.65 Å². The molecule has 0 unspecified atom stereocenters. The van der Waals surface area contributed by atoms with Crippen LogP contribution in [0.15, 0.2) is 12.0 Å². The molecule has 0 aromatic heterocycles. The normalized spacial score (nSPS) is 24.0. The van der Waals surface area contributed by atoms with E-state index in [0.29, 0.717) is 0 Å². The molecule has 2 nitrogen and oxygen atoms in total. The molecular weight excluding hydrogens is 101 g/mol. The minimum Gasteiger partial charge on any atom is -0.548 e.